The van der Waals surface area contributed by atoms with Crippen molar-refractivity contribution in [1.29, 1.82) is 0 Å². The Bertz CT molecular complexity index is 1160. The van der Waals surface area contributed by atoms with Gasteiger partial charge in [0.05, 0.1) is 16.8 Å². The van der Waals surface area contributed by atoms with Gasteiger partial charge in [-0.05, 0) is 48.6 Å². The van der Waals surface area contributed by atoms with Gasteiger partial charge in [0.2, 0.25) is 0 Å². The average molecular weight is 420 g/mol. The number of rotatable bonds is 4. The van der Waals surface area contributed by atoms with Crippen LogP contribution in [0.1, 0.15) is 21.8 Å². The zero-order valence-corrected chi connectivity index (χ0v) is 15.7. The molecule has 0 unspecified atom stereocenters. The number of aromatic nitrogens is 1. The SMILES string of the molecule is O=C(O)c1cc(/C=C/c2ccc(-c3ccc(Br)cc3)o2)nc2ccccc12. The molecule has 2 aromatic carbocycles. The number of carboxylic acid groups (broad SMARTS) is 1. The molecule has 4 rings (SSSR count). The number of halogens is 1. The minimum atomic E-state index is -0.973. The summed E-state index contributed by atoms with van der Waals surface area (Å²) in [5, 5.41) is 10.1. The first-order valence-corrected chi connectivity index (χ1v) is 9.06. The zero-order valence-electron chi connectivity index (χ0n) is 14.1. The molecule has 27 heavy (non-hydrogen) atoms. The van der Waals surface area contributed by atoms with Crippen molar-refractivity contribution in [3.63, 3.8) is 0 Å². The molecular formula is C22H14BrNO3. The summed E-state index contributed by atoms with van der Waals surface area (Å²) in [6.45, 7) is 0. The van der Waals surface area contributed by atoms with E-state index in [2.05, 4.69) is 20.9 Å². The minimum Gasteiger partial charge on any atom is -0.478 e. The monoisotopic (exact) mass is 419 g/mol. The van der Waals surface area contributed by atoms with Crippen LogP contribution >= 0.6 is 15.9 Å². The van der Waals surface area contributed by atoms with E-state index in [9.17, 15) is 9.90 Å². The summed E-state index contributed by atoms with van der Waals surface area (Å²) < 4.78 is 6.86. The molecule has 1 N–H and O–H groups in total. The number of para-hydroxylation sites is 1. The Kier molecular flexibility index (Phi) is 4.60. The normalized spacial score (nSPS) is 11.3. The lowest BCUT2D eigenvalue weighted by Gasteiger charge is -2.03. The minimum absolute atomic E-state index is 0.232. The summed E-state index contributed by atoms with van der Waals surface area (Å²) in [6, 6.07) is 20.4. The number of aromatic carboxylic acids is 1. The second kappa shape index (κ2) is 7.21. The van der Waals surface area contributed by atoms with Crippen LogP contribution in [0.3, 0.4) is 0 Å². The van der Waals surface area contributed by atoms with Crippen LogP contribution in [0.5, 0.6) is 0 Å². The highest BCUT2D eigenvalue weighted by Crippen LogP contribution is 2.25. The van der Waals surface area contributed by atoms with Gasteiger partial charge in [-0.15, -0.1) is 0 Å². The van der Waals surface area contributed by atoms with Gasteiger partial charge in [-0.1, -0.05) is 46.3 Å². The molecule has 0 saturated carbocycles. The lowest BCUT2D eigenvalue weighted by Crippen LogP contribution is -2.00. The predicted octanol–water partition coefficient (Wildman–Crippen LogP) is 6.13. The third-order valence-electron chi connectivity index (χ3n) is 4.14. The van der Waals surface area contributed by atoms with Crippen LogP contribution in [0.4, 0.5) is 0 Å². The third-order valence-corrected chi connectivity index (χ3v) is 4.67. The van der Waals surface area contributed by atoms with Crippen LogP contribution in [0.15, 0.2) is 75.6 Å². The van der Waals surface area contributed by atoms with E-state index in [-0.39, 0.29) is 5.56 Å². The summed E-state index contributed by atoms with van der Waals surface area (Å²) in [4.78, 5) is 16.1. The van der Waals surface area contributed by atoms with Crippen LogP contribution in [-0.2, 0) is 0 Å². The van der Waals surface area contributed by atoms with Crippen molar-refractivity contribution >= 4 is 45.0 Å². The van der Waals surface area contributed by atoms with Gasteiger partial charge in [0, 0.05) is 15.4 Å². The van der Waals surface area contributed by atoms with E-state index < -0.39 is 5.97 Å². The van der Waals surface area contributed by atoms with Gasteiger partial charge < -0.3 is 9.52 Å². The van der Waals surface area contributed by atoms with E-state index in [0.717, 1.165) is 15.8 Å². The molecule has 0 saturated heterocycles. The van der Waals surface area contributed by atoms with Crippen molar-refractivity contribution in [3.05, 3.63) is 88.2 Å². The molecule has 0 bridgehead atoms. The molecule has 0 aliphatic heterocycles. The highest BCUT2D eigenvalue weighted by Gasteiger charge is 2.10. The smallest absolute Gasteiger partial charge is 0.336 e. The van der Waals surface area contributed by atoms with E-state index in [4.69, 9.17) is 4.42 Å². The Morgan fingerprint density at radius 1 is 1.00 bits per heavy atom. The molecule has 0 aliphatic carbocycles. The molecule has 0 spiro atoms. The van der Waals surface area contributed by atoms with E-state index in [1.54, 1.807) is 36.4 Å². The average Bonchev–Trinajstić information content (AvgIpc) is 3.15. The number of carbonyl (C=O) groups is 1. The van der Waals surface area contributed by atoms with Gasteiger partial charge in [-0.3, -0.25) is 0 Å². The summed E-state index contributed by atoms with van der Waals surface area (Å²) in [5.74, 6) is 0.457. The Morgan fingerprint density at radius 3 is 2.56 bits per heavy atom. The van der Waals surface area contributed by atoms with Crippen molar-refractivity contribution in [1.82, 2.24) is 4.98 Å². The summed E-state index contributed by atoms with van der Waals surface area (Å²) >= 11 is 3.42. The largest absolute Gasteiger partial charge is 0.478 e. The number of benzene rings is 2. The molecule has 0 fully saturated rings. The Labute approximate surface area is 163 Å². The molecule has 0 radical (unpaired) electrons. The highest BCUT2D eigenvalue weighted by atomic mass is 79.9. The van der Waals surface area contributed by atoms with Crippen molar-refractivity contribution in [2.75, 3.05) is 0 Å². The van der Waals surface area contributed by atoms with Crippen molar-refractivity contribution in [2.45, 2.75) is 0 Å². The molecule has 0 atom stereocenters. The quantitative estimate of drug-likeness (QED) is 0.432. The fourth-order valence-electron chi connectivity index (χ4n) is 2.84. The van der Waals surface area contributed by atoms with E-state index in [1.165, 1.54) is 0 Å². The van der Waals surface area contributed by atoms with Crippen LogP contribution in [0.2, 0.25) is 0 Å². The van der Waals surface area contributed by atoms with Gasteiger partial charge >= 0.3 is 5.97 Å². The molecule has 4 aromatic rings. The summed E-state index contributed by atoms with van der Waals surface area (Å²) in [5.41, 5.74) is 2.42. The lowest BCUT2D eigenvalue weighted by atomic mass is 10.1. The lowest BCUT2D eigenvalue weighted by molar-refractivity contribution is 0.0699. The summed E-state index contributed by atoms with van der Waals surface area (Å²) in [6.07, 6.45) is 3.54. The summed E-state index contributed by atoms with van der Waals surface area (Å²) in [7, 11) is 0. The molecule has 2 aromatic heterocycles. The Hall–Kier alpha value is -3.18. The number of carboxylic acids is 1. The molecule has 0 aliphatic rings. The number of pyridine rings is 1. The molecule has 132 valence electrons. The van der Waals surface area contributed by atoms with Crippen molar-refractivity contribution in [3.8, 4) is 11.3 Å². The first kappa shape index (κ1) is 17.2. The fourth-order valence-corrected chi connectivity index (χ4v) is 3.10. The predicted molar refractivity (Wildman–Crippen MR) is 109 cm³/mol. The Morgan fingerprint density at radius 2 is 1.78 bits per heavy atom. The van der Waals surface area contributed by atoms with Gasteiger partial charge in [0.1, 0.15) is 11.5 Å². The Balaban J connectivity index is 1.65. The second-order valence-electron chi connectivity index (χ2n) is 5.96. The maximum absolute atomic E-state index is 11.6. The number of hydrogen-bond donors (Lipinski definition) is 1. The van der Waals surface area contributed by atoms with E-state index >= 15 is 0 Å². The topological polar surface area (TPSA) is 63.3 Å². The van der Waals surface area contributed by atoms with Gasteiger partial charge in [0.15, 0.2) is 0 Å². The molecule has 5 heteroatoms. The second-order valence-corrected chi connectivity index (χ2v) is 6.87. The molecule has 2 heterocycles. The van der Waals surface area contributed by atoms with E-state index in [1.807, 2.05) is 42.5 Å². The zero-order chi connectivity index (χ0) is 18.8. The van der Waals surface area contributed by atoms with Crippen LogP contribution in [0, 0.1) is 0 Å². The number of nitrogens with zero attached hydrogens (tertiary/aromatic N) is 1. The standard InChI is InChI=1S/C22H14BrNO3/c23-15-7-5-14(6-8-15)21-12-11-17(27-21)10-9-16-13-19(22(25)26)18-3-1-2-4-20(18)24-16/h1-13H,(H,25,26)/b10-9+. The number of hydrogen-bond acceptors (Lipinski definition) is 3. The molecule has 4 nitrogen and oxygen atoms in total. The van der Waals surface area contributed by atoms with Crippen molar-refractivity contribution < 1.29 is 14.3 Å². The van der Waals surface area contributed by atoms with Crippen LogP contribution in [0.25, 0.3) is 34.4 Å². The maximum atomic E-state index is 11.6. The first-order valence-electron chi connectivity index (χ1n) is 8.27. The highest BCUT2D eigenvalue weighted by molar-refractivity contribution is 9.10. The van der Waals surface area contributed by atoms with Gasteiger partial charge in [-0.25, -0.2) is 9.78 Å². The third kappa shape index (κ3) is 3.68. The number of fused-ring (bicyclic) bond motifs is 1. The van der Waals surface area contributed by atoms with Crippen molar-refractivity contribution in [2.24, 2.45) is 0 Å². The first-order chi connectivity index (χ1) is 13.1. The van der Waals surface area contributed by atoms with Gasteiger partial charge in [0.25, 0.3) is 0 Å². The van der Waals surface area contributed by atoms with E-state index in [0.29, 0.717) is 22.4 Å². The maximum Gasteiger partial charge on any atom is 0.336 e. The van der Waals surface area contributed by atoms with Crippen LogP contribution < -0.4 is 0 Å². The van der Waals surface area contributed by atoms with Crippen LogP contribution in [-0.4, -0.2) is 16.1 Å². The number of furan rings is 1. The molecular weight excluding hydrogens is 406 g/mol. The molecule has 0 amide bonds. The fraction of sp³-hybridized carbons (Fsp3) is 0. The van der Waals surface area contributed by atoms with Gasteiger partial charge in [-0.2, -0.15) is 0 Å².